The Kier molecular flexibility index (Phi) is 4.83. The molecule has 0 bridgehead atoms. The maximum Gasteiger partial charge on any atom is 0.335 e. The van der Waals surface area contributed by atoms with Gasteiger partial charge in [-0.05, 0) is 24.6 Å². The van der Waals surface area contributed by atoms with Crippen LogP contribution < -0.4 is 4.72 Å². The molecule has 0 aliphatic rings. The van der Waals surface area contributed by atoms with Crippen LogP contribution in [0.15, 0.2) is 24.3 Å². The van der Waals surface area contributed by atoms with Crippen molar-refractivity contribution in [2.45, 2.75) is 18.8 Å². The van der Waals surface area contributed by atoms with Gasteiger partial charge in [-0.2, -0.15) is 0 Å². The normalized spacial score (nSPS) is 13.2. The van der Waals surface area contributed by atoms with Crippen LogP contribution in [0.2, 0.25) is 0 Å². The van der Waals surface area contributed by atoms with Gasteiger partial charge in [-0.3, -0.25) is 0 Å². The summed E-state index contributed by atoms with van der Waals surface area (Å²) < 4.78 is 25.5. The lowest BCUT2D eigenvalue weighted by Crippen LogP contribution is -2.31. The monoisotopic (exact) mass is 273 g/mol. The lowest BCUT2D eigenvalue weighted by atomic mass is 10.1. The first-order valence-electron chi connectivity index (χ1n) is 5.28. The van der Waals surface area contributed by atoms with E-state index < -0.39 is 22.1 Å². The number of aromatic carboxylic acids is 1. The molecule has 3 N–H and O–H groups in total. The summed E-state index contributed by atoms with van der Waals surface area (Å²) in [5, 5.41) is 17.8. The van der Waals surface area contributed by atoms with Gasteiger partial charge in [-0.15, -0.1) is 0 Å². The van der Waals surface area contributed by atoms with Gasteiger partial charge in [0.15, 0.2) is 0 Å². The maximum absolute atomic E-state index is 11.6. The number of hydrogen-bond donors (Lipinski definition) is 3. The van der Waals surface area contributed by atoms with Crippen LogP contribution in [0.4, 0.5) is 0 Å². The van der Waals surface area contributed by atoms with Crippen molar-refractivity contribution in [3.05, 3.63) is 35.4 Å². The molecule has 0 fully saturated rings. The number of benzene rings is 1. The average Bonchev–Trinajstić information content (AvgIpc) is 2.26. The van der Waals surface area contributed by atoms with Crippen molar-refractivity contribution in [1.82, 2.24) is 4.72 Å². The second-order valence-electron chi connectivity index (χ2n) is 3.96. The van der Waals surface area contributed by atoms with Crippen molar-refractivity contribution in [3.8, 4) is 0 Å². The van der Waals surface area contributed by atoms with Crippen molar-refractivity contribution in [1.29, 1.82) is 0 Å². The number of rotatable bonds is 6. The van der Waals surface area contributed by atoms with Crippen LogP contribution in [0.1, 0.15) is 22.8 Å². The third-order valence-electron chi connectivity index (χ3n) is 2.13. The third-order valence-corrected chi connectivity index (χ3v) is 3.45. The van der Waals surface area contributed by atoms with Crippen molar-refractivity contribution < 1.29 is 23.4 Å². The molecule has 0 saturated carbocycles. The fourth-order valence-corrected chi connectivity index (χ4v) is 2.53. The van der Waals surface area contributed by atoms with E-state index in [1.165, 1.54) is 31.2 Å². The second-order valence-corrected chi connectivity index (χ2v) is 5.77. The summed E-state index contributed by atoms with van der Waals surface area (Å²) in [6.07, 6.45) is -0.773. The van der Waals surface area contributed by atoms with Gasteiger partial charge in [0, 0.05) is 6.54 Å². The molecule has 1 rings (SSSR count). The molecule has 7 heteroatoms. The number of carboxylic acid groups (broad SMARTS) is 1. The SMILES string of the molecule is C[C@@H](O)CNS(=O)(=O)Cc1cccc(C(=O)O)c1. The summed E-state index contributed by atoms with van der Waals surface area (Å²) in [6, 6.07) is 5.72. The van der Waals surface area contributed by atoms with Crippen LogP contribution in [0.25, 0.3) is 0 Å². The van der Waals surface area contributed by atoms with Crippen molar-refractivity contribution in [3.63, 3.8) is 0 Å². The number of sulfonamides is 1. The highest BCUT2D eigenvalue weighted by Crippen LogP contribution is 2.08. The van der Waals surface area contributed by atoms with Gasteiger partial charge >= 0.3 is 5.97 Å². The Morgan fingerprint density at radius 2 is 2.11 bits per heavy atom. The first-order valence-corrected chi connectivity index (χ1v) is 6.93. The molecular weight excluding hydrogens is 258 g/mol. The first kappa shape index (κ1) is 14.6. The molecule has 0 radical (unpaired) electrons. The lowest BCUT2D eigenvalue weighted by Gasteiger charge is -2.08. The molecule has 0 aromatic heterocycles. The van der Waals surface area contributed by atoms with Gasteiger partial charge in [0.25, 0.3) is 0 Å². The first-order chi connectivity index (χ1) is 8.30. The Balaban J connectivity index is 2.78. The molecule has 1 atom stereocenters. The minimum atomic E-state index is -3.58. The number of hydrogen-bond acceptors (Lipinski definition) is 4. The van der Waals surface area contributed by atoms with Crippen molar-refractivity contribution >= 4 is 16.0 Å². The van der Waals surface area contributed by atoms with Crippen LogP contribution in [0, 0.1) is 0 Å². The molecule has 0 unspecified atom stereocenters. The number of carbonyl (C=O) groups is 1. The van der Waals surface area contributed by atoms with Gasteiger partial charge in [0.2, 0.25) is 10.0 Å². The Labute approximate surface area is 105 Å². The molecule has 0 heterocycles. The molecule has 6 nitrogen and oxygen atoms in total. The molecule has 0 amide bonds. The Morgan fingerprint density at radius 1 is 1.44 bits per heavy atom. The Morgan fingerprint density at radius 3 is 2.67 bits per heavy atom. The number of nitrogens with one attached hydrogen (secondary N) is 1. The van der Waals surface area contributed by atoms with E-state index in [0.717, 1.165) is 0 Å². The average molecular weight is 273 g/mol. The number of carboxylic acids is 1. The summed E-state index contributed by atoms with van der Waals surface area (Å²) in [5.74, 6) is -1.42. The third kappa shape index (κ3) is 4.82. The number of aliphatic hydroxyl groups excluding tert-OH is 1. The summed E-state index contributed by atoms with van der Waals surface area (Å²) in [4.78, 5) is 10.7. The molecule has 1 aromatic rings. The fourth-order valence-electron chi connectivity index (χ4n) is 1.31. The second kappa shape index (κ2) is 5.94. The maximum atomic E-state index is 11.6. The minimum Gasteiger partial charge on any atom is -0.478 e. The molecule has 0 saturated heterocycles. The molecule has 1 aromatic carbocycles. The summed E-state index contributed by atoms with van der Waals surface area (Å²) in [6.45, 7) is 1.40. The Bertz CT molecular complexity index is 524. The Hall–Kier alpha value is -1.44. The van der Waals surface area contributed by atoms with E-state index >= 15 is 0 Å². The fraction of sp³-hybridized carbons (Fsp3) is 0.364. The molecule has 0 aliphatic heterocycles. The van der Waals surface area contributed by atoms with Crippen LogP contribution in [0.3, 0.4) is 0 Å². The van der Waals surface area contributed by atoms with Gasteiger partial charge in [0.05, 0.1) is 17.4 Å². The predicted molar refractivity (Wildman–Crippen MR) is 65.7 cm³/mol. The molecule has 18 heavy (non-hydrogen) atoms. The topological polar surface area (TPSA) is 104 Å². The summed E-state index contributed by atoms with van der Waals surface area (Å²) >= 11 is 0. The molecule has 100 valence electrons. The smallest absolute Gasteiger partial charge is 0.335 e. The largest absolute Gasteiger partial charge is 0.478 e. The molecule has 0 spiro atoms. The highest BCUT2D eigenvalue weighted by Gasteiger charge is 2.13. The van der Waals surface area contributed by atoms with Gasteiger partial charge in [-0.25, -0.2) is 17.9 Å². The van der Waals surface area contributed by atoms with E-state index in [-0.39, 0.29) is 17.9 Å². The van der Waals surface area contributed by atoms with Crippen LogP contribution >= 0.6 is 0 Å². The minimum absolute atomic E-state index is 0.0400. The van der Waals surface area contributed by atoms with Gasteiger partial charge in [-0.1, -0.05) is 12.1 Å². The zero-order chi connectivity index (χ0) is 13.8. The van der Waals surface area contributed by atoms with Crippen molar-refractivity contribution in [2.75, 3.05) is 6.54 Å². The zero-order valence-electron chi connectivity index (χ0n) is 9.83. The lowest BCUT2D eigenvalue weighted by molar-refractivity contribution is 0.0696. The van der Waals surface area contributed by atoms with E-state index in [1.807, 2.05) is 0 Å². The quantitative estimate of drug-likeness (QED) is 0.686. The van der Waals surface area contributed by atoms with E-state index in [1.54, 1.807) is 0 Å². The van der Waals surface area contributed by atoms with E-state index in [4.69, 9.17) is 10.2 Å². The predicted octanol–water partition coefficient (Wildman–Crippen LogP) is 0.185. The van der Waals surface area contributed by atoms with E-state index in [2.05, 4.69) is 4.72 Å². The van der Waals surface area contributed by atoms with Gasteiger partial charge in [0.1, 0.15) is 0 Å². The van der Waals surface area contributed by atoms with Crippen molar-refractivity contribution in [2.24, 2.45) is 0 Å². The van der Waals surface area contributed by atoms with Gasteiger partial charge < -0.3 is 10.2 Å². The highest BCUT2D eigenvalue weighted by atomic mass is 32.2. The molecular formula is C11H15NO5S. The van der Waals surface area contributed by atoms with Crippen LogP contribution in [-0.4, -0.2) is 37.2 Å². The van der Waals surface area contributed by atoms with E-state index in [9.17, 15) is 13.2 Å². The highest BCUT2D eigenvalue weighted by molar-refractivity contribution is 7.88. The summed E-state index contributed by atoms with van der Waals surface area (Å²) in [5.41, 5.74) is 0.422. The van der Waals surface area contributed by atoms with Crippen LogP contribution in [-0.2, 0) is 15.8 Å². The molecule has 0 aliphatic carbocycles. The van der Waals surface area contributed by atoms with Crippen LogP contribution in [0.5, 0.6) is 0 Å². The zero-order valence-corrected chi connectivity index (χ0v) is 10.6. The van der Waals surface area contributed by atoms with E-state index in [0.29, 0.717) is 5.56 Å². The standard InChI is InChI=1S/C11H15NO5S/c1-8(13)6-12-18(16,17)7-9-3-2-4-10(5-9)11(14)15/h2-5,8,12-13H,6-7H2,1H3,(H,14,15)/t8-/m1/s1. The summed E-state index contributed by atoms with van der Waals surface area (Å²) in [7, 11) is -3.58. The number of aliphatic hydroxyl groups is 1.